The van der Waals surface area contributed by atoms with Crippen molar-refractivity contribution in [1.82, 2.24) is 0 Å². The molecule has 0 bridgehead atoms. The molecule has 0 aromatic heterocycles. The Morgan fingerprint density at radius 1 is 1.05 bits per heavy atom. The van der Waals surface area contributed by atoms with Crippen LogP contribution in [0.5, 0.6) is 0 Å². The van der Waals surface area contributed by atoms with Crippen molar-refractivity contribution >= 4 is 21.5 Å². The van der Waals surface area contributed by atoms with Crippen molar-refractivity contribution in [2.75, 3.05) is 10.8 Å². The summed E-state index contributed by atoms with van der Waals surface area (Å²) in [6.07, 6.45) is 0. The molecule has 0 N–H and O–H groups in total. The van der Waals surface area contributed by atoms with Crippen LogP contribution in [0.1, 0.15) is 24.2 Å². The maximum absolute atomic E-state index is 12.8. The Morgan fingerprint density at radius 3 is 2.29 bits per heavy atom. The second-order valence-corrected chi connectivity index (χ2v) is 6.45. The third-order valence-electron chi connectivity index (χ3n) is 3.16. The zero-order chi connectivity index (χ0) is 15.5. The standard InChI is InChI=1S/C16H17NO3S/c1-3-17(15-9-5-4-6-10-15)21(19,20)16-11-7-8-14(12-16)13(2)18/h4-12H,3H2,1-2H3. The van der Waals surface area contributed by atoms with Gasteiger partial charge in [-0.15, -0.1) is 0 Å². The largest absolute Gasteiger partial charge is 0.295 e. The molecule has 21 heavy (non-hydrogen) atoms. The molecule has 110 valence electrons. The summed E-state index contributed by atoms with van der Waals surface area (Å²) in [4.78, 5) is 11.6. The van der Waals surface area contributed by atoms with E-state index in [2.05, 4.69) is 0 Å². The van der Waals surface area contributed by atoms with E-state index >= 15 is 0 Å². The van der Waals surface area contributed by atoms with Gasteiger partial charge < -0.3 is 0 Å². The number of rotatable bonds is 5. The average Bonchev–Trinajstić information content (AvgIpc) is 2.49. The number of carbonyl (C=O) groups excluding carboxylic acids is 1. The van der Waals surface area contributed by atoms with Gasteiger partial charge in [0.15, 0.2) is 5.78 Å². The smallest absolute Gasteiger partial charge is 0.264 e. The second kappa shape index (κ2) is 6.10. The van der Waals surface area contributed by atoms with Gasteiger partial charge in [-0.05, 0) is 38.1 Å². The molecule has 0 radical (unpaired) electrons. The Labute approximate surface area is 125 Å². The lowest BCUT2D eigenvalue weighted by Crippen LogP contribution is -2.30. The minimum Gasteiger partial charge on any atom is -0.295 e. The van der Waals surface area contributed by atoms with Crippen LogP contribution in [-0.4, -0.2) is 20.7 Å². The summed E-state index contributed by atoms with van der Waals surface area (Å²) in [7, 11) is -3.68. The fourth-order valence-corrected chi connectivity index (χ4v) is 3.61. The number of ketones is 1. The lowest BCUT2D eigenvalue weighted by molar-refractivity contribution is 0.101. The number of carbonyl (C=O) groups is 1. The maximum Gasteiger partial charge on any atom is 0.264 e. The van der Waals surface area contributed by atoms with Crippen LogP contribution in [0.3, 0.4) is 0 Å². The number of sulfonamides is 1. The first-order chi connectivity index (χ1) is 9.96. The topological polar surface area (TPSA) is 54.5 Å². The molecule has 0 saturated carbocycles. The van der Waals surface area contributed by atoms with Crippen molar-refractivity contribution in [1.29, 1.82) is 0 Å². The number of para-hydroxylation sites is 1. The van der Waals surface area contributed by atoms with Crippen LogP contribution in [-0.2, 0) is 10.0 Å². The minimum atomic E-state index is -3.68. The quantitative estimate of drug-likeness (QED) is 0.798. The van der Waals surface area contributed by atoms with E-state index in [0.29, 0.717) is 17.8 Å². The molecule has 2 rings (SSSR count). The average molecular weight is 303 g/mol. The highest BCUT2D eigenvalue weighted by molar-refractivity contribution is 7.92. The third-order valence-corrected chi connectivity index (χ3v) is 5.06. The zero-order valence-electron chi connectivity index (χ0n) is 12.0. The van der Waals surface area contributed by atoms with Crippen molar-refractivity contribution in [2.24, 2.45) is 0 Å². The van der Waals surface area contributed by atoms with Crippen LogP contribution in [0, 0.1) is 0 Å². The van der Waals surface area contributed by atoms with Gasteiger partial charge in [0, 0.05) is 12.1 Å². The molecular formula is C16H17NO3S. The molecule has 0 spiro atoms. The molecule has 0 heterocycles. The predicted octanol–water partition coefficient (Wildman–Crippen LogP) is 3.10. The van der Waals surface area contributed by atoms with E-state index < -0.39 is 10.0 Å². The van der Waals surface area contributed by atoms with Gasteiger partial charge in [-0.3, -0.25) is 9.10 Å². The minimum absolute atomic E-state index is 0.126. The molecule has 0 unspecified atom stereocenters. The van der Waals surface area contributed by atoms with E-state index in [9.17, 15) is 13.2 Å². The summed E-state index contributed by atoms with van der Waals surface area (Å²) < 4.78 is 26.8. The third kappa shape index (κ3) is 3.13. The van der Waals surface area contributed by atoms with E-state index in [1.54, 1.807) is 43.3 Å². The van der Waals surface area contributed by atoms with E-state index in [1.165, 1.54) is 23.4 Å². The fraction of sp³-hybridized carbons (Fsp3) is 0.188. The summed E-state index contributed by atoms with van der Waals surface area (Å²) in [6.45, 7) is 3.51. The summed E-state index contributed by atoms with van der Waals surface area (Å²) in [6, 6.07) is 15.0. The Morgan fingerprint density at radius 2 is 1.71 bits per heavy atom. The maximum atomic E-state index is 12.8. The van der Waals surface area contributed by atoms with E-state index in [0.717, 1.165) is 0 Å². The summed E-state index contributed by atoms with van der Waals surface area (Å²) >= 11 is 0. The van der Waals surface area contributed by atoms with Gasteiger partial charge in [0.1, 0.15) is 0 Å². The van der Waals surface area contributed by atoms with Gasteiger partial charge in [0.25, 0.3) is 10.0 Å². The first-order valence-corrected chi connectivity index (χ1v) is 8.09. The Bertz CT molecular complexity index is 739. The monoisotopic (exact) mass is 303 g/mol. The molecule has 4 nitrogen and oxygen atoms in total. The lowest BCUT2D eigenvalue weighted by atomic mass is 10.2. The summed E-state index contributed by atoms with van der Waals surface area (Å²) in [5.41, 5.74) is 0.994. The molecule has 0 aliphatic heterocycles. The fourth-order valence-electron chi connectivity index (χ4n) is 2.09. The van der Waals surface area contributed by atoms with Gasteiger partial charge in [-0.1, -0.05) is 30.3 Å². The highest BCUT2D eigenvalue weighted by Gasteiger charge is 2.23. The summed E-state index contributed by atoms with van der Waals surface area (Å²) in [5, 5.41) is 0. The number of nitrogens with zero attached hydrogens (tertiary/aromatic N) is 1. The second-order valence-electron chi connectivity index (χ2n) is 4.59. The van der Waals surface area contributed by atoms with Crippen LogP contribution in [0.2, 0.25) is 0 Å². The number of benzene rings is 2. The number of hydrogen-bond acceptors (Lipinski definition) is 3. The first kappa shape index (κ1) is 15.3. The Kier molecular flexibility index (Phi) is 4.43. The molecule has 2 aromatic rings. The molecule has 0 amide bonds. The van der Waals surface area contributed by atoms with Gasteiger partial charge in [0.2, 0.25) is 0 Å². The molecule has 0 aliphatic carbocycles. The molecule has 0 aliphatic rings. The Balaban J connectivity index is 2.50. The van der Waals surface area contributed by atoms with Crippen LogP contribution in [0.25, 0.3) is 0 Å². The van der Waals surface area contributed by atoms with Crippen molar-refractivity contribution in [3.63, 3.8) is 0 Å². The Hall–Kier alpha value is -2.14. The molecule has 0 atom stereocenters. The van der Waals surface area contributed by atoms with Crippen LogP contribution < -0.4 is 4.31 Å². The highest BCUT2D eigenvalue weighted by atomic mass is 32.2. The van der Waals surface area contributed by atoms with Crippen molar-refractivity contribution in [3.8, 4) is 0 Å². The van der Waals surface area contributed by atoms with Crippen LogP contribution in [0.15, 0.2) is 59.5 Å². The van der Waals surface area contributed by atoms with Gasteiger partial charge in [-0.2, -0.15) is 0 Å². The molecule has 5 heteroatoms. The highest BCUT2D eigenvalue weighted by Crippen LogP contribution is 2.23. The first-order valence-electron chi connectivity index (χ1n) is 6.65. The normalized spacial score (nSPS) is 11.1. The number of hydrogen-bond donors (Lipinski definition) is 0. The van der Waals surface area contributed by atoms with Gasteiger partial charge in [0.05, 0.1) is 10.6 Å². The zero-order valence-corrected chi connectivity index (χ0v) is 12.8. The number of anilines is 1. The summed E-state index contributed by atoms with van der Waals surface area (Å²) in [5.74, 6) is -0.158. The molecular weight excluding hydrogens is 286 g/mol. The van der Waals surface area contributed by atoms with Crippen molar-refractivity contribution in [2.45, 2.75) is 18.7 Å². The van der Waals surface area contributed by atoms with Crippen molar-refractivity contribution < 1.29 is 13.2 Å². The lowest BCUT2D eigenvalue weighted by Gasteiger charge is -2.23. The molecule has 2 aromatic carbocycles. The van der Waals surface area contributed by atoms with Gasteiger partial charge in [-0.25, -0.2) is 8.42 Å². The van der Waals surface area contributed by atoms with Gasteiger partial charge >= 0.3 is 0 Å². The molecule has 0 fully saturated rings. The predicted molar refractivity (Wildman–Crippen MR) is 83.1 cm³/mol. The molecule has 0 saturated heterocycles. The van der Waals surface area contributed by atoms with Crippen molar-refractivity contribution in [3.05, 3.63) is 60.2 Å². The van der Waals surface area contributed by atoms with E-state index in [4.69, 9.17) is 0 Å². The SMILES string of the molecule is CCN(c1ccccc1)S(=O)(=O)c1cccc(C(C)=O)c1. The van der Waals surface area contributed by atoms with E-state index in [-0.39, 0.29) is 10.7 Å². The van der Waals surface area contributed by atoms with Crippen LogP contribution >= 0.6 is 0 Å². The van der Waals surface area contributed by atoms with Crippen LogP contribution in [0.4, 0.5) is 5.69 Å². The number of Topliss-reactive ketones (excluding diaryl/α,β-unsaturated/α-hetero) is 1. The van der Waals surface area contributed by atoms with E-state index in [1.807, 2.05) is 6.07 Å².